The van der Waals surface area contributed by atoms with Crippen molar-refractivity contribution in [3.05, 3.63) is 87.7 Å². The zero-order chi connectivity index (χ0) is 26.5. The molecule has 1 aliphatic heterocycles. The Kier molecular flexibility index (Phi) is 8.03. The summed E-state index contributed by atoms with van der Waals surface area (Å²) in [7, 11) is 0. The number of nitrogens with zero attached hydrogens (tertiary/aromatic N) is 3. The molecule has 0 unspecified atom stereocenters. The number of aromatic nitrogens is 2. The summed E-state index contributed by atoms with van der Waals surface area (Å²) in [6.45, 7) is 7.83. The van der Waals surface area contributed by atoms with E-state index in [9.17, 15) is 14.4 Å². The molecule has 1 N–H and O–H groups in total. The molecular weight excluding hydrogens is 488 g/mol. The van der Waals surface area contributed by atoms with E-state index >= 15 is 0 Å². The zero-order valence-electron chi connectivity index (χ0n) is 21.2. The minimum atomic E-state index is -0.595. The first-order valence-electron chi connectivity index (χ1n) is 12.1. The Morgan fingerprint density at radius 3 is 2.35 bits per heavy atom. The number of amides is 2. The molecule has 0 atom stereocenters. The summed E-state index contributed by atoms with van der Waals surface area (Å²) >= 11 is 1.03. The van der Waals surface area contributed by atoms with Gasteiger partial charge < -0.3 is 10.1 Å². The van der Waals surface area contributed by atoms with Crippen LogP contribution in [0.4, 0.5) is 11.4 Å². The Bertz CT molecular complexity index is 1380. The van der Waals surface area contributed by atoms with Gasteiger partial charge in [0.05, 0.1) is 17.9 Å². The minimum absolute atomic E-state index is 0.107. The predicted molar refractivity (Wildman–Crippen MR) is 143 cm³/mol. The summed E-state index contributed by atoms with van der Waals surface area (Å²) < 4.78 is 5.31. The number of carbonyl (C=O) groups is 3. The standard InChI is InChI=1S/C28H28N4O4S/c1-5-15-36-27(35)20-12-8-10-14-22(20)32-25(33)23(31-21-13-9-7-11-19(21)6-2)24(26(32)34)37-28-29-17(3)16-18(4)30-28/h7-14,16,31H,5-6,15H2,1-4H3. The number of aryl methyl sites for hydroxylation is 3. The van der Waals surface area contributed by atoms with Gasteiger partial charge in [0, 0.05) is 17.1 Å². The van der Waals surface area contributed by atoms with Gasteiger partial charge in [0.2, 0.25) is 0 Å². The lowest BCUT2D eigenvalue weighted by molar-refractivity contribution is -0.120. The van der Waals surface area contributed by atoms with Crippen molar-refractivity contribution in [3.8, 4) is 0 Å². The van der Waals surface area contributed by atoms with Gasteiger partial charge in [-0.05, 0) is 68.3 Å². The van der Waals surface area contributed by atoms with Gasteiger partial charge in [-0.1, -0.05) is 44.2 Å². The average molecular weight is 517 g/mol. The van der Waals surface area contributed by atoms with E-state index < -0.39 is 17.8 Å². The SMILES string of the molecule is CCCOC(=O)c1ccccc1N1C(=O)C(Nc2ccccc2CC)=C(Sc2nc(C)cc(C)n2)C1=O. The fourth-order valence-electron chi connectivity index (χ4n) is 3.96. The topological polar surface area (TPSA) is 101 Å². The zero-order valence-corrected chi connectivity index (χ0v) is 22.0. The van der Waals surface area contributed by atoms with Crippen LogP contribution in [0.5, 0.6) is 0 Å². The van der Waals surface area contributed by atoms with Crippen molar-refractivity contribution >= 4 is 40.9 Å². The first-order chi connectivity index (χ1) is 17.8. The van der Waals surface area contributed by atoms with Gasteiger partial charge in [0.1, 0.15) is 10.6 Å². The van der Waals surface area contributed by atoms with E-state index in [1.807, 2.05) is 58.0 Å². The first kappa shape index (κ1) is 26.1. The van der Waals surface area contributed by atoms with Crippen LogP contribution in [0.1, 0.15) is 47.6 Å². The third-order valence-corrected chi connectivity index (χ3v) is 6.60. The largest absolute Gasteiger partial charge is 0.462 e. The van der Waals surface area contributed by atoms with Crippen molar-refractivity contribution in [2.45, 2.75) is 45.7 Å². The molecule has 1 aromatic heterocycles. The molecule has 0 spiro atoms. The Balaban J connectivity index is 1.79. The van der Waals surface area contributed by atoms with Crippen LogP contribution in [0, 0.1) is 13.8 Å². The first-order valence-corrected chi connectivity index (χ1v) is 12.9. The third-order valence-electron chi connectivity index (χ3n) is 5.66. The quantitative estimate of drug-likeness (QED) is 0.235. The molecule has 0 radical (unpaired) electrons. The average Bonchev–Trinajstić information content (AvgIpc) is 3.10. The second-order valence-electron chi connectivity index (χ2n) is 8.47. The van der Waals surface area contributed by atoms with E-state index in [0.717, 1.165) is 45.7 Å². The van der Waals surface area contributed by atoms with Crippen LogP contribution >= 0.6 is 11.8 Å². The van der Waals surface area contributed by atoms with E-state index in [4.69, 9.17) is 4.74 Å². The maximum atomic E-state index is 13.8. The Morgan fingerprint density at radius 1 is 0.973 bits per heavy atom. The monoisotopic (exact) mass is 516 g/mol. The Hall–Kier alpha value is -3.98. The maximum absolute atomic E-state index is 13.8. The van der Waals surface area contributed by atoms with Gasteiger partial charge >= 0.3 is 5.97 Å². The molecular formula is C28H28N4O4S. The van der Waals surface area contributed by atoms with E-state index in [-0.39, 0.29) is 28.5 Å². The van der Waals surface area contributed by atoms with Crippen LogP contribution in [0.15, 0.2) is 70.4 Å². The van der Waals surface area contributed by atoms with E-state index in [1.54, 1.807) is 24.3 Å². The lowest BCUT2D eigenvalue weighted by Crippen LogP contribution is -2.34. The van der Waals surface area contributed by atoms with Crippen LogP contribution < -0.4 is 10.2 Å². The van der Waals surface area contributed by atoms with Gasteiger partial charge in [0.25, 0.3) is 11.8 Å². The highest BCUT2D eigenvalue weighted by Gasteiger charge is 2.42. The maximum Gasteiger partial charge on any atom is 0.340 e. The summed E-state index contributed by atoms with van der Waals surface area (Å²) in [5.74, 6) is -1.73. The van der Waals surface area contributed by atoms with Crippen molar-refractivity contribution in [3.63, 3.8) is 0 Å². The van der Waals surface area contributed by atoms with Crippen molar-refractivity contribution in [2.75, 3.05) is 16.8 Å². The number of hydrogen-bond acceptors (Lipinski definition) is 8. The Labute approximate surface area is 220 Å². The van der Waals surface area contributed by atoms with Gasteiger partial charge in [-0.3, -0.25) is 9.59 Å². The third kappa shape index (κ3) is 5.56. The van der Waals surface area contributed by atoms with E-state index in [0.29, 0.717) is 11.6 Å². The normalized spacial score (nSPS) is 13.4. The minimum Gasteiger partial charge on any atom is -0.462 e. The van der Waals surface area contributed by atoms with Gasteiger partial charge in [0.15, 0.2) is 5.16 Å². The molecule has 0 aliphatic carbocycles. The molecule has 2 aromatic carbocycles. The summed E-state index contributed by atoms with van der Waals surface area (Å²) in [4.78, 5) is 50.5. The molecule has 4 rings (SSSR count). The van der Waals surface area contributed by atoms with Gasteiger partial charge in [-0.2, -0.15) is 0 Å². The molecule has 1 aliphatic rings. The molecule has 2 amide bonds. The van der Waals surface area contributed by atoms with Crippen LogP contribution in [-0.4, -0.2) is 34.4 Å². The summed E-state index contributed by atoms with van der Waals surface area (Å²) in [6, 6.07) is 15.9. The highest BCUT2D eigenvalue weighted by atomic mass is 32.2. The van der Waals surface area contributed by atoms with Crippen LogP contribution in [0.3, 0.4) is 0 Å². The summed E-state index contributed by atoms with van der Waals surface area (Å²) in [5, 5.41) is 3.55. The van der Waals surface area contributed by atoms with Gasteiger partial charge in [-0.15, -0.1) is 0 Å². The number of ether oxygens (including phenoxy) is 1. The van der Waals surface area contributed by atoms with Crippen molar-refractivity contribution in [1.82, 2.24) is 9.97 Å². The summed E-state index contributed by atoms with van der Waals surface area (Å²) in [6.07, 6.45) is 1.38. The molecule has 0 fully saturated rings. The predicted octanol–water partition coefficient (Wildman–Crippen LogP) is 5.21. The number of nitrogens with one attached hydrogen (secondary N) is 1. The number of carbonyl (C=O) groups excluding carboxylic acids is 3. The molecule has 8 nitrogen and oxygen atoms in total. The number of thioether (sulfide) groups is 1. The molecule has 0 saturated heterocycles. The molecule has 0 bridgehead atoms. The molecule has 37 heavy (non-hydrogen) atoms. The lowest BCUT2D eigenvalue weighted by Gasteiger charge is -2.18. The van der Waals surface area contributed by atoms with Crippen LogP contribution in [0.2, 0.25) is 0 Å². The molecule has 9 heteroatoms. The number of anilines is 2. The number of rotatable bonds is 9. The van der Waals surface area contributed by atoms with Crippen molar-refractivity contribution in [2.24, 2.45) is 0 Å². The second kappa shape index (κ2) is 11.4. The molecule has 3 aromatic rings. The lowest BCUT2D eigenvalue weighted by atomic mass is 10.1. The number of benzene rings is 2. The van der Waals surface area contributed by atoms with Crippen LogP contribution in [-0.2, 0) is 20.7 Å². The number of imide groups is 1. The highest BCUT2D eigenvalue weighted by Crippen LogP contribution is 2.38. The van der Waals surface area contributed by atoms with Crippen LogP contribution in [0.25, 0.3) is 0 Å². The number of esters is 1. The van der Waals surface area contributed by atoms with E-state index in [2.05, 4.69) is 15.3 Å². The van der Waals surface area contributed by atoms with Crippen molar-refractivity contribution < 1.29 is 19.1 Å². The smallest absolute Gasteiger partial charge is 0.340 e. The number of hydrogen-bond donors (Lipinski definition) is 1. The Morgan fingerprint density at radius 2 is 1.65 bits per heavy atom. The molecule has 190 valence electrons. The number of para-hydroxylation sites is 2. The van der Waals surface area contributed by atoms with E-state index in [1.165, 1.54) is 0 Å². The fourth-order valence-corrected chi connectivity index (χ4v) is 4.94. The second-order valence-corrected chi connectivity index (χ2v) is 9.45. The highest BCUT2D eigenvalue weighted by molar-refractivity contribution is 8.04. The van der Waals surface area contributed by atoms with Gasteiger partial charge in [-0.25, -0.2) is 19.7 Å². The summed E-state index contributed by atoms with van der Waals surface area (Å²) in [5.41, 5.74) is 3.62. The fraction of sp³-hybridized carbons (Fsp3) is 0.250. The van der Waals surface area contributed by atoms with Crippen molar-refractivity contribution in [1.29, 1.82) is 0 Å². The molecule has 2 heterocycles. The molecule has 0 saturated carbocycles.